The second kappa shape index (κ2) is 1.37. The Morgan fingerprint density at radius 1 is 1.40 bits per heavy atom. The van der Waals surface area contributed by atoms with Gasteiger partial charge in [-0.1, -0.05) is 0 Å². The summed E-state index contributed by atoms with van der Waals surface area (Å²) in [4.78, 5) is 10.3. The van der Waals surface area contributed by atoms with E-state index in [2.05, 4.69) is 0 Å². The Hall–Kier alpha value is -0.570. The predicted octanol–water partition coefficient (Wildman–Crippen LogP) is 0.376. The Labute approximate surface area is 58.7 Å². The van der Waals surface area contributed by atoms with Crippen LogP contribution < -0.4 is 0 Å². The Morgan fingerprint density at radius 3 is 2.20 bits per heavy atom. The van der Waals surface area contributed by atoms with Crippen molar-refractivity contribution in [1.82, 2.24) is 0 Å². The van der Waals surface area contributed by atoms with Crippen molar-refractivity contribution < 1.29 is 15.0 Å². The third-order valence-corrected chi connectivity index (χ3v) is 2.64. The van der Waals surface area contributed by atoms with Crippen molar-refractivity contribution in [2.45, 2.75) is 31.3 Å². The van der Waals surface area contributed by atoms with Crippen LogP contribution >= 0.6 is 0 Å². The molecule has 3 aliphatic carbocycles. The highest BCUT2D eigenvalue weighted by atomic mass is 16.4. The number of hydrogen-bond acceptors (Lipinski definition) is 2. The minimum atomic E-state index is -0.734. The van der Waals surface area contributed by atoms with Crippen LogP contribution in [0.15, 0.2) is 0 Å². The number of carbonyl (C=O) groups is 1. The second-order valence-corrected chi connectivity index (χ2v) is 3.83. The summed E-state index contributed by atoms with van der Waals surface area (Å²) in [6.45, 7) is 0. The van der Waals surface area contributed by atoms with Crippen LogP contribution in [0, 0.1) is 5.41 Å². The van der Waals surface area contributed by atoms with Gasteiger partial charge in [0.15, 0.2) is 0 Å². The van der Waals surface area contributed by atoms with Gasteiger partial charge in [-0.2, -0.15) is 0 Å². The number of hydrogen-bond donors (Lipinski definition) is 2. The van der Waals surface area contributed by atoms with Crippen molar-refractivity contribution in [1.29, 1.82) is 0 Å². The van der Waals surface area contributed by atoms with Crippen LogP contribution in [0.25, 0.3) is 0 Å². The van der Waals surface area contributed by atoms with Gasteiger partial charge in [0.2, 0.25) is 0 Å². The standard InChI is InChI=1S/C7H10O3/c8-5(9)1-6-2-7(10,3-6)4-6/h10H,1-4H2,(H,8,9). The molecular weight excluding hydrogens is 132 g/mol. The van der Waals surface area contributed by atoms with E-state index in [0.29, 0.717) is 19.3 Å². The number of carboxylic acid groups (broad SMARTS) is 1. The summed E-state index contributed by atoms with van der Waals surface area (Å²) in [6.07, 6.45) is 2.39. The van der Waals surface area contributed by atoms with Crippen molar-refractivity contribution in [3.63, 3.8) is 0 Å². The molecule has 2 bridgehead atoms. The van der Waals surface area contributed by atoms with Crippen LogP contribution in [-0.2, 0) is 4.79 Å². The summed E-state index contributed by atoms with van der Waals surface area (Å²) in [7, 11) is 0. The van der Waals surface area contributed by atoms with E-state index in [1.165, 1.54) is 0 Å². The fraction of sp³-hybridized carbons (Fsp3) is 0.857. The molecule has 0 aromatic carbocycles. The molecule has 0 radical (unpaired) electrons. The number of carboxylic acids is 1. The first-order valence-electron chi connectivity index (χ1n) is 3.48. The van der Waals surface area contributed by atoms with Gasteiger partial charge in [-0.25, -0.2) is 0 Å². The van der Waals surface area contributed by atoms with Gasteiger partial charge in [0, 0.05) is 0 Å². The summed E-state index contributed by atoms with van der Waals surface area (Å²) < 4.78 is 0. The van der Waals surface area contributed by atoms with Crippen LogP contribution in [0.1, 0.15) is 25.7 Å². The van der Waals surface area contributed by atoms with Gasteiger partial charge in [-0.3, -0.25) is 4.79 Å². The molecule has 0 aromatic heterocycles. The summed E-state index contributed by atoms with van der Waals surface area (Å²) in [5.74, 6) is -0.734. The van der Waals surface area contributed by atoms with E-state index in [1.807, 2.05) is 0 Å². The lowest BCUT2D eigenvalue weighted by Crippen LogP contribution is -2.67. The molecule has 0 aliphatic heterocycles. The number of aliphatic carboxylic acids is 1. The lowest BCUT2D eigenvalue weighted by molar-refractivity contribution is -0.261. The van der Waals surface area contributed by atoms with Crippen LogP contribution in [0.2, 0.25) is 0 Å². The van der Waals surface area contributed by atoms with Gasteiger partial charge in [0.1, 0.15) is 0 Å². The van der Waals surface area contributed by atoms with E-state index in [1.54, 1.807) is 0 Å². The van der Waals surface area contributed by atoms with Gasteiger partial charge in [-0.05, 0) is 24.7 Å². The number of aliphatic hydroxyl groups is 1. The Kier molecular flexibility index (Phi) is 0.844. The summed E-state index contributed by atoms with van der Waals surface area (Å²) in [5.41, 5.74) is -0.448. The van der Waals surface area contributed by atoms with Crippen LogP contribution in [-0.4, -0.2) is 21.8 Å². The Morgan fingerprint density at radius 2 is 1.90 bits per heavy atom. The third kappa shape index (κ3) is 0.611. The number of rotatable bonds is 2. The van der Waals surface area contributed by atoms with E-state index >= 15 is 0 Å². The van der Waals surface area contributed by atoms with Crippen molar-refractivity contribution in [3.05, 3.63) is 0 Å². The van der Waals surface area contributed by atoms with Gasteiger partial charge < -0.3 is 10.2 Å². The molecular formula is C7H10O3. The van der Waals surface area contributed by atoms with Crippen LogP contribution in [0.3, 0.4) is 0 Å². The maximum atomic E-state index is 10.3. The molecule has 0 atom stereocenters. The minimum absolute atomic E-state index is 0.000579. The average Bonchev–Trinajstić information content (AvgIpc) is 1.56. The normalized spacial score (nSPS) is 49.3. The first-order chi connectivity index (χ1) is 4.54. The molecule has 0 saturated heterocycles. The molecule has 0 unspecified atom stereocenters. The average molecular weight is 142 g/mol. The zero-order valence-corrected chi connectivity index (χ0v) is 5.63. The first-order valence-corrected chi connectivity index (χ1v) is 3.48. The lowest BCUT2D eigenvalue weighted by Gasteiger charge is -2.67. The van der Waals surface area contributed by atoms with Gasteiger partial charge >= 0.3 is 5.97 Å². The summed E-state index contributed by atoms with van der Waals surface area (Å²) in [6, 6.07) is 0. The summed E-state index contributed by atoms with van der Waals surface area (Å²) >= 11 is 0. The monoisotopic (exact) mass is 142 g/mol. The van der Waals surface area contributed by atoms with E-state index in [4.69, 9.17) is 5.11 Å². The van der Waals surface area contributed by atoms with Crippen LogP contribution in [0.4, 0.5) is 0 Å². The molecule has 0 spiro atoms. The zero-order chi connectivity index (χ0) is 7.41. The highest BCUT2D eigenvalue weighted by Crippen LogP contribution is 2.68. The topological polar surface area (TPSA) is 57.5 Å². The Bertz CT molecular complexity index is 177. The third-order valence-electron chi connectivity index (χ3n) is 2.64. The van der Waals surface area contributed by atoms with Crippen LogP contribution in [0.5, 0.6) is 0 Å². The smallest absolute Gasteiger partial charge is 0.303 e. The molecule has 3 fully saturated rings. The van der Waals surface area contributed by atoms with Gasteiger partial charge in [0.05, 0.1) is 12.0 Å². The predicted molar refractivity (Wildman–Crippen MR) is 33.5 cm³/mol. The molecule has 3 rings (SSSR count). The molecule has 3 aliphatic rings. The largest absolute Gasteiger partial charge is 0.481 e. The maximum Gasteiger partial charge on any atom is 0.303 e. The highest BCUT2D eigenvalue weighted by Gasteiger charge is 2.67. The molecule has 3 nitrogen and oxygen atoms in total. The summed E-state index contributed by atoms with van der Waals surface area (Å²) in [5, 5.41) is 17.7. The highest BCUT2D eigenvalue weighted by molar-refractivity contribution is 5.68. The molecule has 0 aromatic rings. The molecule has 10 heavy (non-hydrogen) atoms. The van der Waals surface area contributed by atoms with Crippen molar-refractivity contribution >= 4 is 5.97 Å². The maximum absolute atomic E-state index is 10.3. The molecule has 3 heteroatoms. The Balaban J connectivity index is 1.93. The van der Waals surface area contributed by atoms with Gasteiger partial charge in [-0.15, -0.1) is 0 Å². The molecule has 0 heterocycles. The quantitative estimate of drug-likeness (QED) is 0.585. The zero-order valence-electron chi connectivity index (χ0n) is 5.63. The minimum Gasteiger partial charge on any atom is -0.481 e. The SMILES string of the molecule is O=C(O)CC12CC(O)(C1)C2. The van der Waals surface area contributed by atoms with Crippen molar-refractivity contribution in [2.75, 3.05) is 0 Å². The first kappa shape index (κ1) is 6.16. The van der Waals surface area contributed by atoms with Crippen molar-refractivity contribution in [2.24, 2.45) is 5.41 Å². The van der Waals surface area contributed by atoms with E-state index in [-0.39, 0.29) is 11.8 Å². The molecule has 56 valence electrons. The fourth-order valence-electron chi connectivity index (χ4n) is 2.45. The fourth-order valence-corrected chi connectivity index (χ4v) is 2.45. The van der Waals surface area contributed by atoms with E-state index in [0.717, 1.165) is 0 Å². The van der Waals surface area contributed by atoms with E-state index < -0.39 is 11.6 Å². The molecule has 2 N–H and O–H groups in total. The van der Waals surface area contributed by atoms with Crippen molar-refractivity contribution in [3.8, 4) is 0 Å². The lowest BCUT2D eigenvalue weighted by atomic mass is 9.40. The second-order valence-electron chi connectivity index (χ2n) is 3.83. The van der Waals surface area contributed by atoms with E-state index in [9.17, 15) is 9.90 Å². The van der Waals surface area contributed by atoms with Gasteiger partial charge in [0.25, 0.3) is 0 Å². The molecule has 0 amide bonds. The molecule has 3 saturated carbocycles.